The Morgan fingerprint density at radius 1 is 1.20 bits per heavy atom. The van der Waals surface area contributed by atoms with Crippen LogP contribution < -0.4 is 4.90 Å². The van der Waals surface area contributed by atoms with E-state index in [1.807, 2.05) is 21.9 Å². The molecule has 130 valence electrons. The largest absolute Gasteiger partial charge is 0.367 e. The molecule has 0 saturated carbocycles. The van der Waals surface area contributed by atoms with Crippen molar-refractivity contribution in [1.29, 1.82) is 5.26 Å². The van der Waals surface area contributed by atoms with Gasteiger partial charge >= 0.3 is 0 Å². The van der Waals surface area contributed by atoms with Crippen molar-refractivity contribution in [3.8, 4) is 6.07 Å². The third-order valence-corrected chi connectivity index (χ3v) is 5.41. The lowest BCUT2D eigenvalue weighted by Gasteiger charge is -2.36. The van der Waals surface area contributed by atoms with Crippen LogP contribution in [0.5, 0.6) is 0 Å². The normalized spacial score (nSPS) is 14.4. The van der Waals surface area contributed by atoms with E-state index in [4.69, 9.17) is 5.26 Å². The molecule has 6 heteroatoms. The number of nitriles is 1. The highest BCUT2D eigenvalue weighted by atomic mass is 32.1. The maximum Gasteiger partial charge on any atom is 0.222 e. The monoisotopic (exact) mass is 357 g/mol. The summed E-state index contributed by atoms with van der Waals surface area (Å²) >= 11 is 1.72. The number of carbonyl (C=O) groups is 1. The number of rotatable bonds is 5. The number of anilines is 1. The number of thiophene rings is 1. The van der Waals surface area contributed by atoms with Crippen LogP contribution in [0.1, 0.15) is 23.3 Å². The number of halogens is 1. The Morgan fingerprint density at radius 3 is 2.68 bits per heavy atom. The molecule has 0 spiro atoms. The number of carbonyl (C=O) groups excluding carboxylic acids is 1. The van der Waals surface area contributed by atoms with Gasteiger partial charge in [-0.25, -0.2) is 4.39 Å². The molecular formula is C19H20FN3OS. The van der Waals surface area contributed by atoms with E-state index in [9.17, 15) is 9.18 Å². The van der Waals surface area contributed by atoms with Crippen molar-refractivity contribution in [2.75, 3.05) is 31.1 Å². The molecule has 0 radical (unpaired) electrons. The predicted molar refractivity (Wildman–Crippen MR) is 97.2 cm³/mol. The molecule has 0 N–H and O–H groups in total. The number of hydrogen-bond donors (Lipinski definition) is 0. The van der Waals surface area contributed by atoms with Crippen LogP contribution >= 0.6 is 11.3 Å². The summed E-state index contributed by atoms with van der Waals surface area (Å²) in [6.45, 7) is 2.46. The summed E-state index contributed by atoms with van der Waals surface area (Å²) in [7, 11) is 0. The smallest absolute Gasteiger partial charge is 0.222 e. The summed E-state index contributed by atoms with van der Waals surface area (Å²) in [5, 5.41) is 11.2. The van der Waals surface area contributed by atoms with Gasteiger partial charge in [-0.2, -0.15) is 5.26 Å². The second-order valence-corrected chi connectivity index (χ2v) is 7.08. The Morgan fingerprint density at radius 2 is 2.00 bits per heavy atom. The number of piperazine rings is 1. The average molecular weight is 357 g/mol. The molecule has 1 saturated heterocycles. The van der Waals surface area contributed by atoms with Gasteiger partial charge in [0.2, 0.25) is 5.91 Å². The van der Waals surface area contributed by atoms with E-state index in [2.05, 4.69) is 11.4 Å². The summed E-state index contributed by atoms with van der Waals surface area (Å²) < 4.78 is 13.8. The quantitative estimate of drug-likeness (QED) is 0.824. The standard InChI is InChI=1S/C19H20FN3OS/c20-17-6-2-7-18(16(17)14-21)22-9-11-23(12-10-22)19(24)8-1-4-15-5-3-13-25-15/h2-3,5-7,13H,1,4,8-12H2. The number of aryl methyl sites for hydroxylation is 1. The van der Waals surface area contributed by atoms with Crippen LogP contribution in [0.4, 0.5) is 10.1 Å². The summed E-state index contributed by atoms with van der Waals surface area (Å²) in [5.41, 5.74) is 0.700. The summed E-state index contributed by atoms with van der Waals surface area (Å²) in [4.78, 5) is 17.5. The highest BCUT2D eigenvalue weighted by Gasteiger charge is 2.23. The van der Waals surface area contributed by atoms with Gasteiger partial charge in [0.05, 0.1) is 5.69 Å². The maximum atomic E-state index is 13.8. The molecule has 1 amide bonds. The first kappa shape index (κ1) is 17.4. The van der Waals surface area contributed by atoms with Gasteiger partial charge in [-0.1, -0.05) is 12.1 Å². The zero-order valence-corrected chi connectivity index (χ0v) is 14.8. The number of amides is 1. The molecule has 0 unspecified atom stereocenters. The highest BCUT2D eigenvalue weighted by Crippen LogP contribution is 2.24. The molecule has 1 aliphatic rings. The van der Waals surface area contributed by atoms with Gasteiger partial charge in [0.25, 0.3) is 0 Å². The van der Waals surface area contributed by atoms with Crippen molar-refractivity contribution in [3.05, 3.63) is 52.0 Å². The van der Waals surface area contributed by atoms with Crippen molar-refractivity contribution >= 4 is 22.9 Å². The first-order valence-electron chi connectivity index (χ1n) is 8.43. The molecule has 1 aliphatic heterocycles. The molecule has 1 fully saturated rings. The fraction of sp³-hybridized carbons (Fsp3) is 0.368. The van der Waals surface area contributed by atoms with Crippen molar-refractivity contribution < 1.29 is 9.18 Å². The third-order valence-electron chi connectivity index (χ3n) is 4.47. The fourth-order valence-corrected chi connectivity index (χ4v) is 3.86. The van der Waals surface area contributed by atoms with Crippen LogP contribution in [0, 0.1) is 17.1 Å². The van der Waals surface area contributed by atoms with Crippen molar-refractivity contribution in [3.63, 3.8) is 0 Å². The van der Waals surface area contributed by atoms with Gasteiger partial charge in [-0.05, 0) is 36.4 Å². The van der Waals surface area contributed by atoms with E-state index in [1.165, 1.54) is 10.9 Å². The van der Waals surface area contributed by atoms with E-state index in [0.29, 0.717) is 38.3 Å². The Kier molecular flexibility index (Phi) is 5.67. The van der Waals surface area contributed by atoms with Crippen LogP contribution in [0.25, 0.3) is 0 Å². The average Bonchev–Trinajstić information content (AvgIpc) is 3.15. The molecule has 1 aromatic carbocycles. The van der Waals surface area contributed by atoms with Gasteiger partial charge in [0, 0.05) is 37.5 Å². The lowest BCUT2D eigenvalue weighted by molar-refractivity contribution is -0.131. The molecule has 1 aromatic heterocycles. The van der Waals surface area contributed by atoms with Crippen molar-refractivity contribution in [1.82, 2.24) is 4.90 Å². The Labute approximate surface area is 151 Å². The predicted octanol–water partition coefficient (Wildman–Crippen LogP) is 3.43. The second-order valence-electron chi connectivity index (χ2n) is 6.05. The summed E-state index contributed by atoms with van der Waals surface area (Å²) in [6.07, 6.45) is 2.36. The van der Waals surface area contributed by atoms with Gasteiger partial charge in [-0.15, -0.1) is 11.3 Å². The Balaban J connectivity index is 1.51. The molecule has 0 bridgehead atoms. The van der Waals surface area contributed by atoms with E-state index >= 15 is 0 Å². The molecule has 2 aromatic rings. The minimum Gasteiger partial charge on any atom is -0.367 e. The molecular weight excluding hydrogens is 337 g/mol. The number of nitrogens with zero attached hydrogens (tertiary/aromatic N) is 3. The topological polar surface area (TPSA) is 47.3 Å². The van der Waals surface area contributed by atoms with Crippen LogP contribution in [0.3, 0.4) is 0 Å². The zero-order chi connectivity index (χ0) is 17.6. The van der Waals surface area contributed by atoms with Gasteiger partial charge < -0.3 is 9.80 Å². The molecule has 2 heterocycles. The van der Waals surface area contributed by atoms with E-state index in [-0.39, 0.29) is 11.5 Å². The maximum absolute atomic E-state index is 13.8. The minimum absolute atomic E-state index is 0.0817. The first-order chi connectivity index (χ1) is 12.2. The third kappa shape index (κ3) is 4.18. The fourth-order valence-electron chi connectivity index (χ4n) is 3.11. The summed E-state index contributed by atoms with van der Waals surface area (Å²) in [5.74, 6) is -0.317. The van der Waals surface area contributed by atoms with Crippen LogP contribution in [-0.4, -0.2) is 37.0 Å². The SMILES string of the molecule is N#Cc1c(F)cccc1N1CCN(C(=O)CCCc2cccs2)CC1. The minimum atomic E-state index is -0.493. The molecule has 3 rings (SSSR count). The number of benzene rings is 1. The van der Waals surface area contributed by atoms with Crippen molar-refractivity contribution in [2.24, 2.45) is 0 Å². The van der Waals surface area contributed by atoms with Crippen LogP contribution in [0.2, 0.25) is 0 Å². The van der Waals surface area contributed by atoms with Crippen molar-refractivity contribution in [2.45, 2.75) is 19.3 Å². The Hall–Kier alpha value is -2.39. The summed E-state index contributed by atoms with van der Waals surface area (Å²) in [6, 6.07) is 10.8. The molecule has 25 heavy (non-hydrogen) atoms. The molecule has 0 atom stereocenters. The van der Waals surface area contributed by atoms with Gasteiger partial charge in [0.15, 0.2) is 0 Å². The van der Waals surface area contributed by atoms with E-state index in [0.717, 1.165) is 12.8 Å². The highest BCUT2D eigenvalue weighted by molar-refractivity contribution is 7.09. The van der Waals surface area contributed by atoms with Crippen LogP contribution in [0.15, 0.2) is 35.7 Å². The van der Waals surface area contributed by atoms with Gasteiger partial charge in [-0.3, -0.25) is 4.79 Å². The molecule has 4 nitrogen and oxygen atoms in total. The lowest BCUT2D eigenvalue weighted by atomic mass is 10.1. The Bertz CT molecular complexity index is 761. The molecule has 0 aliphatic carbocycles. The second kappa shape index (κ2) is 8.13. The van der Waals surface area contributed by atoms with E-state index < -0.39 is 5.82 Å². The zero-order valence-electron chi connectivity index (χ0n) is 13.9. The number of hydrogen-bond acceptors (Lipinski definition) is 4. The van der Waals surface area contributed by atoms with E-state index in [1.54, 1.807) is 23.5 Å². The lowest BCUT2D eigenvalue weighted by Crippen LogP contribution is -2.49. The van der Waals surface area contributed by atoms with Crippen LogP contribution in [-0.2, 0) is 11.2 Å². The first-order valence-corrected chi connectivity index (χ1v) is 9.30. The van der Waals surface area contributed by atoms with Gasteiger partial charge in [0.1, 0.15) is 17.4 Å².